The Bertz CT molecular complexity index is 169. The number of hydrogen-bond donors (Lipinski definition) is 2. The molecule has 0 radical (unpaired) electrons. The lowest BCUT2D eigenvalue weighted by Gasteiger charge is -2.27. The van der Waals surface area contributed by atoms with Gasteiger partial charge in [0, 0.05) is 0 Å². The molecule has 1 saturated carbocycles. The molecule has 2 fully saturated rings. The summed E-state index contributed by atoms with van der Waals surface area (Å²) in [6.45, 7) is 2.37. The summed E-state index contributed by atoms with van der Waals surface area (Å²) in [6, 6.07) is 0. The predicted molar refractivity (Wildman–Crippen MR) is 58.2 cm³/mol. The van der Waals surface area contributed by atoms with Crippen LogP contribution in [0.25, 0.3) is 0 Å². The third-order valence-electron chi connectivity index (χ3n) is 4.01. The second-order valence-corrected chi connectivity index (χ2v) is 5.16. The van der Waals surface area contributed by atoms with Gasteiger partial charge in [-0.25, -0.2) is 0 Å². The van der Waals surface area contributed by atoms with Gasteiger partial charge >= 0.3 is 0 Å². The Morgan fingerprint density at radius 1 is 1.14 bits per heavy atom. The molecule has 2 rings (SSSR count). The van der Waals surface area contributed by atoms with Crippen LogP contribution in [0.4, 0.5) is 0 Å². The minimum atomic E-state index is -0.273. The largest absolute Gasteiger partial charge is 0.390 e. The topological polar surface area (TPSA) is 32.3 Å². The summed E-state index contributed by atoms with van der Waals surface area (Å²) >= 11 is 0. The van der Waals surface area contributed by atoms with Crippen LogP contribution in [0, 0.1) is 5.92 Å². The molecule has 82 valence electrons. The Kier molecular flexibility index (Phi) is 3.45. The van der Waals surface area contributed by atoms with E-state index in [1.54, 1.807) is 0 Å². The standard InChI is InChI=1S/C12H23NO/c14-12(6-1-2-7-12)8-3-11-4-9-13-10-5-11/h11,13-14H,1-10H2. The van der Waals surface area contributed by atoms with Crippen molar-refractivity contribution in [2.24, 2.45) is 5.92 Å². The van der Waals surface area contributed by atoms with Gasteiger partial charge in [0.25, 0.3) is 0 Å². The SMILES string of the molecule is OC1(CCC2CCNCC2)CCCC1. The van der Waals surface area contributed by atoms with Gasteiger partial charge in [-0.3, -0.25) is 0 Å². The number of piperidine rings is 1. The molecule has 0 aromatic rings. The maximum Gasteiger partial charge on any atom is 0.0648 e. The summed E-state index contributed by atoms with van der Waals surface area (Å²) in [6.07, 6.45) is 9.52. The van der Waals surface area contributed by atoms with Gasteiger partial charge < -0.3 is 10.4 Å². The molecule has 2 nitrogen and oxygen atoms in total. The molecule has 1 saturated heterocycles. The van der Waals surface area contributed by atoms with Crippen LogP contribution in [0.1, 0.15) is 51.4 Å². The summed E-state index contributed by atoms with van der Waals surface area (Å²) in [5, 5.41) is 13.6. The van der Waals surface area contributed by atoms with Crippen LogP contribution in [-0.2, 0) is 0 Å². The molecular formula is C12H23NO. The first-order chi connectivity index (χ1) is 6.79. The fourth-order valence-corrected chi connectivity index (χ4v) is 2.93. The van der Waals surface area contributed by atoms with Crippen molar-refractivity contribution in [2.45, 2.75) is 57.0 Å². The molecule has 0 aromatic carbocycles. The smallest absolute Gasteiger partial charge is 0.0648 e. The molecule has 2 aliphatic rings. The molecule has 1 aliphatic heterocycles. The van der Waals surface area contributed by atoms with Gasteiger partial charge in [0.05, 0.1) is 5.60 Å². The maximum absolute atomic E-state index is 10.2. The van der Waals surface area contributed by atoms with Crippen molar-refractivity contribution >= 4 is 0 Å². The van der Waals surface area contributed by atoms with E-state index >= 15 is 0 Å². The van der Waals surface area contributed by atoms with Crippen molar-refractivity contribution in [1.29, 1.82) is 0 Å². The first-order valence-corrected chi connectivity index (χ1v) is 6.22. The lowest BCUT2D eigenvalue weighted by atomic mass is 9.87. The van der Waals surface area contributed by atoms with Crippen LogP contribution >= 0.6 is 0 Å². The number of aliphatic hydroxyl groups is 1. The molecule has 0 bridgehead atoms. The highest BCUT2D eigenvalue weighted by Crippen LogP contribution is 2.35. The zero-order valence-electron chi connectivity index (χ0n) is 9.10. The molecule has 14 heavy (non-hydrogen) atoms. The second kappa shape index (κ2) is 4.63. The van der Waals surface area contributed by atoms with Crippen LogP contribution in [0.15, 0.2) is 0 Å². The molecule has 2 N–H and O–H groups in total. The minimum absolute atomic E-state index is 0.273. The summed E-state index contributed by atoms with van der Waals surface area (Å²) in [5.41, 5.74) is -0.273. The molecule has 0 atom stereocenters. The first-order valence-electron chi connectivity index (χ1n) is 6.22. The molecule has 0 spiro atoms. The van der Waals surface area contributed by atoms with Gasteiger partial charge in [-0.2, -0.15) is 0 Å². The van der Waals surface area contributed by atoms with Crippen molar-refractivity contribution in [3.8, 4) is 0 Å². The predicted octanol–water partition coefficient (Wildman–Crippen LogP) is 2.07. The Morgan fingerprint density at radius 2 is 1.79 bits per heavy atom. The Morgan fingerprint density at radius 3 is 2.43 bits per heavy atom. The number of rotatable bonds is 3. The van der Waals surface area contributed by atoms with Crippen LogP contribution in [0.2, 0.25) is 0 Å². The second-order valence-electron chi connectivity index (χ2n) is 5.16. The summed E-state index contributed by atoms with van der Waals surface area (Å²) in [7, 11) is 0. The van der Waals surface area contributed by atoms with E-state index in [1.165, 1.54) is 45.2 Å². The number of hydrogen-bond acceptors (Lipinski definition) is 2. The maximum atomic E-state index is 10.2. The van der Waals surface area contributed by atoms with Gasteiger partial charge in [-0.15, -0.1) is 0 Å². The average Bonchev–Trinajstić information content (AvgIpc) is 2.65. The molecule has 2 heteroatoms. The van der Waals surface area contributed by atoms with Crippen molar-refractivity contribution in [3.63, 3.8) is 0 Å². The van der Waals surface area contributed by atoms with Crippen molar-refractivity contribution in [2.75, 3.05) is 13.1 Å². The summed E-state index contributed by atoms with van der Waals surface area (Å²) in [5.74, 6) is 0.876. The van der Waals surface area contributed by atoms with Crippen LogP contribution in [0.5, 0.6) is 0 Å². The van der Waals surface area contributed by atoms with E-state index in [0.717, 1.165) is 25.2 Å². The van der Waals surface area contributed by atoms with E-state index < -0.39 is 0 Å². The third kappa shape index (κ3) is 2.71. The average molecular weight is 197 g/mol. The van der Waals surface area contributed by atoms with Crippen LogP contribution in [0.3, 0.4) is 0 Å². The Balaban J connectivity index is 1.70. The van der Waals surface area contributed by atoms with E-state index in [1.807, 2.05) is 0 Å². The monoisotopic (exact) mass is 197 g/mol. The fraction of sp³-hybridized carbons (Fsp3) is 1.00. The van der Waals surface area contributed by atoms with Gasteiger partial charge in [-0.05, 0) is 57.5 Å². The molecule has 0 amide bonds. The fourth-order valence-electron chi connectivity index (χ4n) is 2.93. The van der Waals surface area contributed by atoms with Crippen LogP contribution in [-0.4, -0.2) is 23.8 Å². The van der Waals surface area contributed by atoms with Gasteiger partial charge in [0.1, 0.15) is 0 Å². The quantitative estimate of drug-likeness (QED) is 0.726. The normalized spacial score (nSPS) is 28.1. The molecule has 1 heterocycles. The van der Waals surface area contributed by atoms with E-state index in [0.29, 0.717) is 0 Å². The Labute approximate surface area is 87.1 Å². The lowest BCUT2D eigenvalue weighted by Crippen LogP contribution is -2.30. The molecule has 1 aliphatic carbocycles. The van der Waals surface area contributed by atoms with E-state index in [2.05, 4.69) is 5.32 Å². The number of nitrogens with one attached hydrogen (secondary N) is 1. The van der Waals surface area contributed by atoms with Gasteiger partial charge in [0.15, 0.2) is 0 Å². The third-order valence-corrected chi connectivity index (χ3v) is 4.01. The molecule has 0 aromatic heterocycles. The van der Waals surface area contributed by atoms with E-state index in [9.17, 15) is 5.11 Å². The lowest BCUT2D eigenvalue weighted by molar-refractivity contribution is 0.0309. The van der Waals surface area contributed by atoms with Gasteiger partial charge in [-0.1, -0.05) is 12.8 Å². The van der Waals surface area contributed by atoms with Crippen molar-refractivity contribution in [1.82, 2.24) is 5.32 Å². The minimum Gasteiger partial charge on any atom is -0.390 e. The summed E-state index contributed by atoms with van der Waals surface area (Å²) in [4.78, 5) is 0. The van der Waals surface area contributed by atoms with Gasteiger partial charge in [0.2, 0.25) is 0 Å². The van der Waals surface area contributed by atoms with Crippen LogP contribution < -0.4 is 5.32 Å². The summed E-state index contributed by atoms with van der Waals surface area (Å²) < 4.78 is 0. The van der Waals surface area contributed by atoms with Crippen molar-refractivity contribution in [3.05, 3.63) is 0 Å². The zero-order valence-corrected chi connectivity index (χ0v) is 9.10. The Hall–Kier alpha value is -0.0800. The van der Waals surface area contributed by atoms with Crippen molar-refractivity contribution < 1.29 is 5.11 Å². The zero-order chi connectivity index (χ0) is 9.86. The van der Waals surface area contributed by atoms with E-state index in [4.69, 9.17) is 0 Å². The molecular weight excluding hydrogens is 174 g/mol. The highest BCUT2D eigenvalue weighted by atomic mass is 16.3. The molecule has 0 unspecified atom stereocenters. The highest BCUT2D eigenvalue weighted by Gasteiger charge is 2.31. The highest BCUT2D eigenvalue weighted by molar-refractivity contribution is 4.85. The van der Waals surface area contributed by atoms with E-state index in [-0.39, 0.29) is 5.60 Å². The first kappa shape index (κ1) is 10.4.